The van der Waals surface area contributed by atoms with Gasteiger partial charge in [-0.05, 0) is 78.4 Å². The average molecular weight is 579 g/mol. The summed E-state index contributed by atoms with van der Waals surface area (Å²) in [4.78, 5) is 7.19. The van der Waals surface area contributed by atoms with Gasteiger partial charge in [0.25, 0.3) is 0 Å². The number of benzene rings is 4. The molecule has 4 aromatic carbocycles. The van der Waals surface area contributed by atoms with E-state index in [1.165, 1.54) is 55.7 Å². The van der Waals surface area contributed by atoms with E-state index in [4.69, 9.17) is 4.98 Å². The van der Waals surface area contributed by atoms with Gasteiger partial charge in [0, 0.05) is 53.6 Å². The zero-order valence-corrected chi connectivity index (χ0v) is 26.8. The smallest absolute Gasteiger partial charge is 0.181 e. The van der Waals surface area contributed by atoms with Crippen LogP contribution in [0.5, 0.6) is 0 Å². The second-order valence-electron chi connectivity index (χ2n) is 14.1. The van der Waals surface area contributed by atoms with Crippen molar-refractivity contribution in [2.45, 2.75) is 40.0 Å². The summed E-state index contributed by atoms with van der Waals surface area (Å²) in [5.41, 5.74) is 12.8. The molecular formula is C39H40N5+. The van der Waals surface area contributed by atoms with Crippen LogP contribution in [0.2, 0.25) is 0 Å². The first-order valence-electron chi connectivity index (χ1n) is 15.6. The van der Waals surface area contributed by atoms with Crippen LogP contribution in [-0.4, -0.2) is 30.3 Å². The molecule has 2 atom stereocenters. The molecule has 0 spiro atoms. The molecule has 0 saturated carbocycles. The normalized spacial score (nSPS) is 20.6. The molecule has 0 amide bonds. The average Bonchev–Trinajstić information content (AvgIpc) is 3.54. The zero-order valence-electron chi connectivity index (χ0n) is 26.8. The third-order valence-corrected chi connectivity index (χ3v) is 10.1. The Morgan fingerprint density at radius 2 is 1.48 bits per heavy atom. The lowest BCUT2D eigenvalue weighted by Crippen LogP contribution is -2.68. The van der Waals surface area contributed by atoms with E-state index in [1.54, 1.807) is 0 Å². The third-order valence-electron chi connectivity index (χ3n) is 10.1. The molecule has 0 unspecified atom stereocenters. The number of fused-ring (bicyclic) bond motifs is 3. The van der Waals surface area contributed by atoms with Crippen molar-refractivity contribution in [3.63, 3.8) is 0 Å². The maximum Gasteiger partial charge on any atom is 0.181 e. The largest absolute Gasteiger partial charge is 0.344 e. The van der Waals surface area contributed by atoms with Crippen molar-refractivity contribution in [1.29, 1.82) is 0 Å². The van der Waals surface area contributed by atoms with E-state index in [9.17, 15) is 0 Å². The van der Waals surface area contributed by atoms with Crippen molar-refractivity contribution >= 4 is 50.2 Å². The van der Waals surface area contributed by atoms with Gasteiger partial charge in [0.2, 0.25) is 0 Å². The highest BCUT2D eigenvalue weighted by atomic mass is 15.7. The Hall–Kier alpha value is -4.45. The Morgan fingerprint density at radius 1 is 0.773 bits per heavy atom. The number of para-hydroxylation sites is 1. The van der Waals surface area contributed by atoms with Gasteiger partial charge in [0.1, 0.15) is 11.5 Å². The van der Waals surface area contributed by atoms with Crippen molar-refractivity contribution in [3.8, 4) is 5.82 Å². The molecular weight excluding hydrogens is 538 g/mol. The molecule has 2 aromatic heterocycles. The molecule has 0 radical (unpaired) electrons. The predicted octanol–water partition coefficient (Wildman–Crippen LogP) is 9.54. The molecule has 1 fully saturated rings. The van der Waals surface area contributed by atoms with E-state index in [0.29, 0.717) is 0 Å². The van der Waals surface area contributed by atoms with Crippen molar-refractivity contribution in [2.24, 2.45) is 0 Å². The number of aromatic nitrogens is 2. The fraction of sp³-hybridized carbons (Fsp3) is 0.231. The molecule has 5 heterocycles. The number of anilines is 2. The van der Waals surface area contributed by atoms with Crippen LogP contribution in [0, 0.1) is 20.5 Å². The number of hydrogen-bond donors (Lipinski definition) is 0. The molecule has 5 nitrogen and oxygen atoms in total. The Morgan fingerprint density at radius 3 is 2.25 bits per heavy atom. The van der Waals surface area contributed by atoms with Crippen LogP contribution < -0.4 is 13.9 Å². The van der Waals surface area contributed by atoms with Crippen molar-refractivity contribution < 1.29 is 0 Å². The second-order valence-corrected chi connectivity index (χ2v) is 14.1. The Labute approximate surface area is 260 Å². The highest BCUT2D eigenvalue weighted by Crippen LogP contribution is 2.61. The van der Waals surface area contributed by atoms with Crippen molar-refractivity contribution in [3.05, 3.63) is 121 Å². The van der Waals surface area contributed by atoms with Crippen molar-refractivity contribution in [1.82, 2.24) is 18.5 Å². The highest BCUT2D eigenvalue weighted by molar-refractivity contribution is 6.10. The molecule has 6 aromatic rings. The molecule has 220 valence electrons. The van der Waals surface area contributed by atoms with Crippen LogP contribution in [0.4, 0.5) is 28.4 Å². The lowest BCUT2D eigenvalue weighted by molar-refractivity contribution is 0.157. The van der Waals surface area contributed by atoms with Crippen LogP contribution in [0.15, 0.2) is 97.2 Å². The zero-order chi connectivity index (χ0) is 30.6. The molecule has 3 aliphatic rings. The SMILES string of the molecule is Cc1cc2c(cc1C)[N@@+]1(C)[CH-][N@+]2(c2cccc(N(C)c3ccc4c5ccccc5n(-c5cc(C(C)(C)C)ccn5)c4c3)c2)C1. The Balaban J connectivity index is 1.23. The fourth-order valence-electron chi connectivity index (χ4n) is 7.47. The lowest BCUT2D eigenvalue weighted by atomic mass is 9.88. The highest BCUT2D eigenvalue weighted by Gasteiger charge is 2.59. The molecule has 44 heavy (non-hydrogen) atoms. The number of nitrogens with zero attached hydrogens (tertiary/aromatic N) is 5. The topological polar surface area (TPSA) is 21.1 Å². The maximum absolute atomic E-state index is 4.87. The number of quaternary nitrogens is 2. The monoisotopic (exact) mass is 578 g/mol. The van der Waals surface area contributed by atoms with Crippen molar-refractivity contribution in [2.75, 3.05) is 25.7 Å². The summed E-state index contributed by atoms with van der Waals surface area (Å²) < 4.78 is 4.02. The van der Waals surface area contributed by atoms with E-state index in [-0.39, 0.29) is 5.41 Å². The summed E-state index contributed by atoms with van der Waals surface area (Å²) in [6.45, 7) is 14.7. The molecule has 0 aliphatic carbocycles. The van der Waals surface area contributed by atoms with E-state index in [0.717, 1.165) is 32.7 Å². The fourth-order valence-corrected chi connectivity index (χ4v) is 7.47. The van der Waals surface area contributed by atoms with Gasteiger partial charge in [-0.3, -0.25) is 9.05 Å². The van der Waals surface area contributed by atoms with E-state index in [2.05, 4.69) is 156 Å². The van der Waals surface area contributed by atoms with Gasteiger partial charge < -0.3 is 9.38 Å². The number of hydrogen-bond acceptors (Lipinski definition) is 2. The van der Waals surface area contributed by atoms with Gasteiger partial charge in [-0.2, -0.15) is 0 Å². The van der Waals surface area contributed by atoms with E-state index in [1.807, 2.05) is 6.20 Å². The van der Waals surface area contributed by atoms with Gasteiger partial charge in [0.05, 0.1) is 24.7 Å². The molecule has 5 heteroatoms. The summed E-state index contributed by atoms with van der Waals surface area (Å²) >= 11 is 0. The number of aryl methyl sites for hydroxylation is 2. The minimum absolute atomic E-state index is 0.0381. The molecule has 0 N–H and O–H groups in total. The van der Waals surface area contributed by atoms with Gasteiger partial charge in [-0.15, -0.1) is 0 Å². The van der Waals surface area contributed by atoms with Gasteiger partial charge in [0.15, 0.2) is 18.0 Å². The second kappa shape index (κ2) is 9.04. The molecule has 3 aliphatic heterocycles. The van der Waals surface area contributed by atoms with E-state index >= 15 is 0 Å². The quantitative estimate of drug-likeness (QED) is 0.153. The van der Waals surface area contributed by atoms with Crippen LogP contribution in [-0.2, 0) is 5.41 Å². The summed E-state index contributed by atoms with van der Waals surface area (Å²) in [5, 5.41) is 2.48. The summed E-state index contributed by atoms with van der Waals surface area (Å²) in [6, 6.07) is 33.8. The van der Waals surface area contributed by atoms with Gasteiger partial charge >= 0.3 is 0 Å². The maximum atomic E-state index is 4.87. The summed E-state index contributed by atoms with van der Waals surface area (Å²) in [5.74, 6) is 0.953. The number of rotatable bonds is 4. The minimum Gasteiger partial charge on any atom is -0.344 e. The first kappa shape index (κ1) is 27.1. The third kappa shape index (κ3) is 3.76. The first-order chi connectivity index (χ1) is 21.0. The van der Waals surface area contributed by atoms with Crippen LogP contribution in [0.25, 0.3) is 27.6 Å². The number of pyridine rings is 1. The van der Waals surface area contributed by atoms with E-state index < -0.39 is 0 Å². The minimum atomic E-state index is 0.0381. The van der Waals surface area contributed by atoms with Crippen LogP contribution in [0.1, 0.15) is 37.5 Å². The Bertz CT molecular complexity index is 2120. The molecule has 9 rings (SSSR count). The molecule has 1 saturated heterocycles. The van der Waals surface area contributed by atoms with Crippen LogP contribution >= 0.6 is 0 Å². The standard InChI is InChI=1S/C39H40N5/c1-26-19-36-37(20-27(26)2)44(24-43(36,7)25-44)31-12-10-11-29(22-31)41(6)30-15-16-33-32-13-8-9-14-34(32)42(35(33)23-30)38-21-28(17-18-40-38)39(3,4)5/h8-24H,25H2,1-7H3/q+1/t43-,44+/m0/s1. The summed E-state index contributed by atoms with van der Waals surface area (Å²) in [7, 11) is 4.50. The lowest BCUT2D eigenvalue weighted by Gasteiger charge is -2.54. The summed E-state index contributed by atoms with van der Waals surface area (Å²) in [6.07, 6.45) is 1.95. The predicted molar refractivity (Wildman–Crippen MR) is 186 cm³/mol. The molecule has 2 bridgehead atoms. The first-order valence-corrected chi connectivity index (χ1v) is 15.6. The van der Waals surface area contributed by atoms with Gasteiger partial charge in [-0.1, -0.05) is 51.1 Å². The Kier molecular flexibility index (Phi) is 5.57. The van der Waals surface area contributed by atoms with Gasteiger partial charge in [-0.25, -0.2) is 4.98 Å². The van der Waals surface area contributed by atoms with Crippen LogP contribution in [0.3, 0.4) is 0 Å².